The second-order valence-corrected chi connectivity index (χ2v) is 8.67. The van der Waals surface area contributed by atoms with Crippen molar-refractivity contribution in [3.8, 4) is 17.2 Å². The first kappa shape index (κ1) is 23.9. The lowest BCUT2D eigenvalue weighted by Crippen LogP contribution is -2.48. The molecule has 3 N–H and O–H groups in total. The van der Waals surface area contributed by atoms with Gasteiger partial charge in [-0.15, -0.1) is 0 Å². The van der Waals surface area contributed by atoms with E-state index in [9.17, 15) is 19.2 Å². The fourth-order valence-electron chi connectivity index (χ4n) is 4.64. The van der Waals surface area contributed by atoms with E-state index in [-0.39, 0.29) is 22.9 Å². The molecule has 0 radical (unpaired) electrons. The van der Waals surface area contributed by atoms with Crippen molar-refractivity contribution in [2.75, 3.05) is 51.0 Å². The smallest absolute Gasteiger partial charge is 0.262 e. The molecule has 5 rings (SSSR count). The molecule has 2 aliphatic heterocycles. The standard InChI is InChI=1S/C26H25N5O6/c1-36-18-11-15(12-19(13-18)37-2)26(35)30-9-7-29(8-10-30)16-3-5-17(6-4-16)31-21(32)14-20-22(23(31)27)25(34)28-24(20)33/h3-6,11-14H,7-10,27H2,1-2H3,(H,28,33,34). The quantitative estimate of drug-likeness (QED) is 0.497. The van der Waals surface area contributed by atoms with Crippen LogP contribution in [0.4, 0.5) is 11.5 Å². The number of carbonyl (C=O) groups excluding carboxylic acids is 3. The Morgan fingerprint density at radius 2 is 1.43 bits per heavy atom. The Balaban J connectivity index is 1.30. The van der Waals surface area contributed by atoms with Crippen molar-refractivity contribution < 1.29 is 23.9 Å². The molecule has 2 aromatic carbocycles. The Morgan fingerprint density at radius 3 is 2.03 bits per heavy atom. The Bertz CT molecular complexity index is 1450. The highest BCUT2D eigenvalue weighted by molar-refractivity contribution is 6.23. The van der Waals surface area contributed by atoms with Crippen LogP contribution in [0.15, 0.2) is 53.3 Å². The number of anilines is 2. The molecule has 1 aromatic heterocycles. The van der Waals surface area contributed by atoms with Crippen molar-refractivity contribution in [3.05, 3.63) is 75.6 Å². The van der Waals surface area contributed by atoms with Gasteiger partial charge in [0.25, 0.3) is 23.3 Å². The maximum atomic E-state index is 13.1. The first-order valence-corrected chi connectivity index (χ1v) is 11.6. The monoisotopic (exact) mass is 503 g/mol. The molecule has 3 amide bonds. The number of benzene rings is 2. The molecule has 0 atom stereocenters. The maximum Gasteiger partial charge on any atom is 0.262 e. The summed E-state index contributed by atoms with van der Waals surface area (Å²) in [5, 5.41) is 2.16. The highest BCUT2D eigenvalue weighted by Gasteiger charge is 2.32. The minimum absolute atomic E-state index is 0.00289. The summed E-state index contributed by atoms with van der Waals surface area (Å²) in [5.74, 6) is -0.327. The van der Waals surface area contributed by atoms with Gasteiger partial charge in [0.15, 0.2) is 0 Å². The van der Waals surface area contributed by atoms with Crippen LogP contribution in [0.5, 0.6) is 11.5 Å². The van der Waals surface area contributed by atoms with Gasteiger partial charge in [-0.25, -0.2) is 0 Å². The second kappa shape index (κ2) is 9.34. The van der Waals surface area contributed by atoms with E-state index >= 15 is 0 Å². The number of imide groups is 1. The van der Waals surface area contributed by atoms with E-state index in [1.54, 1.807) is 49.5 Å². The molecular formula is C26H25N5O6. The average Bonchev–Trinajstić information content (AvgIpc) is 3.21. The number of aromatic nitrogens is 1. The second-order valence-electron chi connectivity index (χ2n) is 8.67. The number of nitrogens with one attached hydrogen (secondary N) is 1. The number of hydrogen-bond acceptors (Lipinski definition) is 8. The zero-order chi connectivity index (χ0) is 26.3. The molecule has 0 spiro atoms. The van der Waals surface area contributed by atoms with E-state index in [0.29, 0.717) is 48.9 Å². The number of pyridine rings is 1. The van der Waals surface area contributed by atoms with Crippen LogP contribution in [-0.4, -0.2) is 67.6 Å². The maximum absolute atomic E-state index is 13.1. The van der Waals surface area contributed by atoms with E-state index in [2.05, 4.69) is 10.2 Å². The predicted molar refractivity (Wildman–Crippen MR) is 136 cm³/mol. The Hall–Kier alpha value is -4.80. The van der Waals surface area contributed by atoms with Crippen molar-refractivity contribution in [2.24, 2.45) is 0 Å². The lowest BCUT2D eigenvalue weighted by molar-refractivity contribution is 0.0745. The molecule has 3 heterocycles. The van der Waals surface area contributed by atoms with E-state index in [1.165, 1.54) is 4.57 Å². The summed E-state index contributed by atoms with van der Waals surface area (Å²) in [7, 11) is 3.08. The molecule has 2 aliphatic rings. The number of piperazine rings is 1. The number of ether oxygens (including phenoxy) is 2. The molecular weight excluding hydrogens is 478 g/mol. The van der Waals surface area contributed by atoms with Gasteiger partial charge in [0.05, 0.1) is 31.0 Å². The first-order valence-electron chi connectivity index (χ1n) is 11.6. The van der Waals surface area contributed by atoms with Gasteiger partial charge in [-0.1, -0.05) is 0 Å². The number of fused-ring (bicyclic) bond motifs is 1. The Kier molecular flexibility index (Phi) is 6.04. The summed E-state index contributed by atoms with van der Waals surface area (Å²) in [6.45, 7) is 2.30. The molecule has 0 saturated carbocycles. The fraction of sp³-hybridized carbons (Fsp3) is 0.231. The summed E-state index contributed by atoms with van der Waals surface area (Å²) in [6, 6.07) is 13.4. The van der Waals surface area contributed by atoms with Crippen LogP contribution >= 0.6 is 0 Å². The molecule has 1 fully saturated rings. The average molecular weight is 504 g/mol. The van der Waals surface area contributed by atoms with E-state index in [4.69, 9.17) is 15.2 Å². The highest BCUT2D eigenvalue weighted by Crippen LogP contribution is 2.26. The minimum Gasteiger partial charge on any atom is -0.497 e. The van der Waals surface area contributed by atoms with Crippen LogP contribution in [0.25, 0.3) is 5.69 Å². The third-order valence-electron chi connectivity index (χ3n) is 6.59. The SMILES string of the molecule is COc1cc(OC)cc(C(=O)N2CCN(c3ccc(-n4c(N)c5c(cc4=O)C(=O)NC5=O)cc3)CC2)c1. The number of rotatable bonds is 5. The zero-order valence-electron chi connectivity index (χ0n) is 20.3. The Morgan fingerprint density at radius 1 is 0.838 bits per heavy atom. The molecule has 1 saturated heterocycles. The summed E-state index contributed by atoms with van der Waals surface area (Å²) >= 11 is 0. The molecule has 0 bridgehead atoms. The summed E-state index contributed by atoms with van der Waals surface area (Å²) in [4.78, 5) is 53.6. The topological polar surface area (TPSA) is 136 Å². The third kappa shape index (κ3) is 4.24. The van der Waals surface area contributed by atoms with Gasteiger partial charge >= 0.3 is 0 Å². The fourth-order valence-corrected chi connectivity index (χ4v) is 4.64. The van der Waals surface area contributed by atoms with Crippen molar-refractivity contribution in [1.29, 1.82) is 0 Å². The van der Waals surface area contributed by atoms with E-state index in [0.717, 1.165) is 11.8 Å². The predicted octanol–water partition coefficient (Wildman–Crippen LogP) is 1.28. The molecule has 0 aliphatic carbocycles. The van der Waals surface area contributed by atoms with Crippen LogP contribution < -0.4 is 31.0 Å². The summed E-state index contributed by atoms with van der Waals surface area (Å²) in [5.41, 5.74) is 7.49. The lowest BCUT2D eigenvalue weighted by atomic mass is 10.1. The van der Waals surface area contributed by atoms with Gasteiger partial charge in [0.1, 0.15) is 17.3 Å². The van der Waals surface area contributed by atoms with Crippen LogP contribution in [0.1, 0.15) is 31.1 Å². The van der Waals surface area contributed by atoms with Gasteiger partial charge in [0, 0.05) is 49.6 Å². The normalized spacial score (nSPS) is 14.9. The van der Waals surface area contributed by atoms with Crippen LogP contribution in [0.2, 0.25) is 0 Å². The van der Waals surface area contributed by atoms with Crippen molar-refractivity contribution >= 4 is 29.2 Å². The summed E-state index contributed by atoms with van der Waals surface area (Å²) < 4.78 is 11.8. The van der Waals surface area contributed by atoms with Gasteiger partial charge in [0.2, 0.25) is 0 Å². The van der Waals surface area contributed by atoms with Gasteiger partial charge in [-0.3, -0.25) is 29.1 Å². The van der Waals surface area contributed by atoms with Crippen molar-refractivity contribution in [2.45, 2.75) is 0 Å². The van der Waals surface area contributed by atoms with Gasteiger partial charge < -0.3 is 25.0 Å². The van der Waals surface area contributed by atoms with Crippen LogP contribution in [-0.2, 0) is 0 Å². The lowest BCUT2D eigenvalue weighted by Gasteiger charge is -2.36. The molecule has 0 unspecified atom stereocenters. The van der Waals surface area contributed by atoms with Crippen LogP contribution in [0, 0.1) is 0 Å². The number of nitrogen functional groups attached to an aromatic ring is 1. The van der Waals surface area contributed by atoms with Crippen molar-refractivity contribution in [1.82, 2.24) is 14.8 Å². The number of nitrogens with zero attached hydrogens (tertiary/aromatic N) is 3. The minimum atomic E-state index is -0.630. The largest absolute Gasteiger partial charge is 0.497 e. The van der Waals surface area contributed by atoms with E-state index in [1.807, 2.05) is 12.1 Å². The molecule has 11 nitrogen and oxygen atoms in total. The third-order valence-corrected chi connectivity index (χ3v) is 6.59. The number of methoxy groups -OCH3 is 2. The highest BCUT2D eigenvalue weighted by atomic mass is 16.5. The number of amides is 3. The van der Waals surface area contributed by atoms with Gasteiger partial charge in [-0.05, 0) is 36.4 Å². The zero-order valence-corrected chi connectivity index (χ0v) is 20.3. The number of hydrogen-bond donors (Lipinski definition) is 2. The Labute approximate surface area is 212 Å². The molecule has 11 heteroatoms. The molecule has 37 heavy (non-hydrogen) atoms. The van der Waals surface area contributed by atoms with Crippen LogP contribution in [0.3, 0.4) is 0 Å². The summed E-state index contributed by atoms with van der Waals surface area (Å²) in [6.07, 6.45) is 0. The van der Waals surface area contributed by atoms with Crippen molar-refractivity contribution in [3.63, 3.8) is 0 Å². The first-order chi connectivity index (χ1) is 17.8. The number of carbonyl (C=O) groups is 3. The molecule has 3 aromatic rings. The van der Waals surface area contributed by atoms with Gasteiger partial charge in [-0.2, -0.15) is 0 Å². The molecule has 190 valence electrons. The number of nitrogens with two attached hydrogens (primary N) is 1. The van der Waals surface area contributed by atoms with E-state index < -0.39 is 17.4 Å².